The van der Waals surface area contributed by atoms with Gasteiger partial charge in [-0.2, -0.15) is 0 Å². The van der Waals surface area contributed by atoms with E-state index >= 15 is 0 Å². The lowest BCUT2D eigenvalue weighted by Crippen LogP contribution is -2.34. The van der Waals surface area contributed by atoms with Gasteiger partial charge in [-0.05, 0) is 29.7 Å². The number of aromatic amines is 1. The van der Waals surface area contributed by atoms with E-state index in [4.69, 9.17) is 0 Å². The first-order chi connectivity index (χ1) is 14.9. The van der Waals surface area contributed by atoms with E-state index in [1.165, 1.54) is 16.6 Å². The van der Waals surface area contributed by atoms with Gasteiger partial charge in [0.15, 0.2) is 5.65 Å². The van der Waals surface area contributed by atoms with E-state index in [2.05, 4.69) is 20.4 Å². The average Bonchev–Trinajstić information content (AvgIpc) is 3.19. The minimum atomic E-state index is -0.495. The number of H-pyrrole nitrogens is 1. The highest BCUT2D eigenvalue weighted by Crippen LogP contribution is 2.21. The van der Waals surface area contributed by atoms with Crippen LogP contribution in [0.4, 0.5) is 4.39 Å². The first kappa shape index (κ1) is 20.5. The Morgan fingerprint density at radius 3 is 2.65 bits per heavy atom. The predicted octanol–water partition coefficient (Wildman–Crippen LogP) is 3.28. The number of amides is 1. The number of hydrogen-bond acceptors (Lipinski definition) is 4. The third-order valence-electron chi connectivity index (χ3n) is 5.02. The van der Waals surface area contributed by atoms with Crippen LogP contribution in [0.3, 0.4) is 0 Å². The number of rotatable bonds is 6. The number of nitrogens with one attached hydrogen (secondary N) is 2. The number of halogens is 1. The zero-order valence-electron chi connectivity index (χ0n) is 17.2. The van der Waals surface area contributed by atoms with Gasteiger partial charge in [-0.15, -0.1) is 0 Å². The molecule has 0 fully saturated rings. The van der Waals surface area contributed by atoms with Gasteiger partial charge in [0.25, 0.3) is 5.56 Å². The van der Waals surface area contributed by atoms with Crippen molar-refractivity contribution in [2.75, 3.05) is 0 Å². The number of pyridine rings is 1. The molecule has 4 aromatic rings. The fourth-order valence-corrected chi connectivity index (χ4v) is 3.44. The van der Waals surface area contributed by atoms with Crippen LogP contribution in [0.15, 0.2) is 65.6 Å². The Labute approximate surface area is 178 Å². The molecule has 0 aliphatic carbocycles. The maximum atomic E-state index is 13.9. The van der Waals surface area contributed by atoms with Gasteiger partial charge in [-0.1, -0.05) is 38.1 Å². The molecule has 1 aromatic carbocycles. The van der Waals surface area contributed by atoms with Crippen molar-refractivity contribution in [3.63, 3.8) is 0 Å². The van der Waals surface area contributed by atoms with Crippen molar-refractivity contribution < 1.29 is 9.18 Å². The normalized spacial score (nSPS) is 12.3. The van der Waals surface area contributed by atoms with Crippen molar-refractivity contribution in [2.45, 2.75) is 26.3 Å². The van der Waals surface area contributed by atoms with E-state index in [0.717, 1.165) is 0 Å². The third-order valence-corrected chi connectivity index (χ3v) is 5.02. The van der Waals surface area contributed by atoms with Crippen LogP contribution in [0.5, 0.6) is 0 Å². The van der Waals surface area contributed by atoms with Crippen molar-refractivity contribution in [2.24, 2.45) is 5.92 Å². The number of carbonyl (C=O) groups excluding carboxylic acids is 1. The van der Waals surface area contributed by atoms with E-state index in [-0.39, 0.29) is 23.8 Å². The molecule has 1 amide bonds. The van der Waals surface area contributed by atoms with E-state index in [9.17, 15) is 14.0 Å². The number of carbonyl (C=O) groups is 1. The van der Waals surface area contributed by atoms with Crippen molar-refractivity contribution in [1.29, 1.82) is 0 Å². The standard InChI is InChI=1S/C23H22FN5O2/c1-14(2)23(27-21(30)11-15-7-3-4-8-16(15)24)19-13-22(31)29-20(26-19)12-18(28-29)17-9-5-6-10-25-17/h3-10,12-14,23,28H,11H2,1-2H3,(H,27,30). The molecule has 4 rings (SSSR count). The zero-order valence-corrected chi connectivity index (χ0v) is 17.2. The summed E-state index contributed by atoms with van der Waals surface area (Å²) in [5.74, 6) is -0.798. The molecule has 7 nitrogen and oxygen atoms in total. The van der Waals surface area contributed by atoms with Crippen LogP contribution in [-0.2, 0) is 11.2 Å². The summed E-state index contributed by atoms with van der Waals surface area (Å²) < 4.78 is 15.2. The Morgan fingerprint density at radius 2 is 1.94 bits per heavy atom. The maximum absolute atomic E-state index is 13.9. The highest BCUT2D eigenvalue weighted by atomic mass is 19.1. The molecule has 0 saturated carbocycles. The maximum Gasteiger partial charge on any atom is 0.272 e. The number of nitrogens with zero attached hydrogens (tertiary/aromatic N) is 3. The minimum Gasteiger partial charge on any atom is -0.347 e. The van der Waals surface area contributed by atoms with Gasteiger partial charge in [0.2, 0.25) is 5.91 Å². The van der Waals surface area contributed by atoms with Crippen molar-refractivity contribution in [3.05, 3.63) is 88.2 Å². The number of fused-ring (bicyclic) bond motifs is 1. The van der Waals surface area contributed by atoms with Crippen LogP contribution in [0, 0.1) is 11.7 Å². The SMILES string of the molecule is CC(C)C(NC(=O)Cc1ccccc1F)c1cc(=O)n2[nH]c(-c3ccccn3)cc2n1. The third kappa shape index (κ3) is 4.37. The average molecular weight is 419 g/mol. The molecule has 0 aliphatic heterocycles. The summed E-state index contributed by atoms with van der Waals surface area (Å²) in [6, 6.07) is 14.3. The van der Waals surface area contributed by atoms with Crippen LogP contribution in [-0.4, -0.2) is 25.5 Å². The summed E-state index contributed by atoms with van der Waals surface area (Å²) in [6.07, 6.45) is 1.58. The molecule has 2 N–H and O–H groups in total. The van der Waals surface area contributed by atoms with E-state index in [1.54, 1.807) is 30.5 Å². The molecule has 0 spiro atoms. The quantitative estimate of drug-likeness (QED) is 0.502. The topological polar surface area (TPSA) is 92.2 Å². The summed E-state index contributed by atoms with van der Waals surface area (Å²) in [5.41, 5.74) is 2.25. The molecule has 3 aromatic heterocycles. The first-order valence-corrected chi connectivity index (χ1v) is 9.99. The van der Waals surface area contributed by atoms with Crippen LogP contribution in [0.25, 0.3) is 17.0 Å². The Bertz CT molecular complexity index is 1280. The van der Waals surface area contributed by atoms with Crippen molar-refractivity contribution >= 4 is 11.6 Å². The molecule has 3 heterocycles. The summed E-state index contributed by atoms with van der Waals surface area (Å²) >= 11 is 0. The molecule has 158 valence electrons. The van der Waals surface area contributed by atoms with Crippen LogP contribution in [0.2, 0.25) is 0 Å². The minimum absolute atomic E-state index is 0.0341. The molecular weight excluding hydrogens is 397 g/mol. The fourth-order valence-electron chi connectivity index (χ4n) is 3.44. The highest BCUT2D eigenvalue weighted by Gasteiger charge is 2.22. The molecular formula is C23H22FN5O2. The van der Waals surface area contributed by atoms with Crippen LogP contribution < -0.4 is 10.9 Å². The molecule has 1 unspecified atom stereocenters. The summed E-state index contributed by atoms with van der Waals surface area (Å²) in [6.45, 7) is 3.85. The van der Waals surface area contributed by atoms with Gasteiger partial charge in [0, 0.05) is 18.3 Å². The zero-order chi connectivity index (χ0) is 22.0. The van der Waals surface area contributed by atoms with Gasteiger partial charge in [-0.3, -0.25) is 19.7 Å². The Balaban J connectivity index is 1.63. The Morgan fingerprint density at radius 1 is 1.16 bits per heavy atom. The predicted molar refractivity (Wildman–Crippen MR) is 115 cm³/mol. The van der Waals surface area contributed by atoms with E-state index in [0.29, 0.717) is 28.3 Å². The highest BCUT2D eigenvalue weighted by molar-refractivity contribution is 5.79. The number of benzene rings is 1. The largest absolute Gasteiger partial charge is 0.347 e. The number of aromatic nitrogens is 4. The molecule has 31 heavy (non-hydrogen) atoms. The second-order valence-electron chi connectivity index (χ2n) is 7.66. The van der Waals surface area contributed by atoms with E-state index < -0.39 is 11.9 Å². The van der Waals surface area contributed by atoms with Gasteiger partial charge >= 0.3 is 0 Å². The Kier molecular flexibility index (Phi) is 5.62. The fraction of sp³-hybridized carbons (Fsp3) is 0.217. The van der Waals surface area contributed by atoms with Gasteiger partial charge in [-0.25, -0.2) is 13.9 Å². The summed E-state index contributed by atoms with van der Waals surface area (Å²) in [5, 5.41) is 5.91. The van der Waals surface area contributed by atoms with Crippen LogP contribution >= 0.6 is 0 Å². The number of hydrogen-bond donors (Lipinski definition) is 2. The van der Waals surface area contributed by atoms with Crippen molar-refractivity contribution in [1.82, 2.24) is 24.9 Å². The lowest BCUT2D eigenvalue weighted by molar-refractivity contribution is -0.121. The first-order valence-electron chi connectivity index (χ1n) is 9.99. The summed E-state index contributed by atoms with van der Waals surface area (Å²) in [7, 11) is 0. The van der Waals surface area contributed by atoms with Gasteiger partial charge < -0.3 is 5.32 Å². The van der Waals surface area contributed by atoms with Crippen LogP contribution in [0.1, 0.15) is 31.1 Å². The second kappa shape index (κ2) is 8.51. The lowest BCUT2D eigenvalue weighted by Gasteiger charge is -2.22. The molecule has 1 atom stereocenters. The Hall–Kier alpha value is -3.81. The second-order valence-corrected chi connectivity index (χ2v) is 7.66. The lowest BCUT2D eigenvalue weighted by atomic mass is 10.00. The monoisotopic (exact) mass is 419 g/mol. The van der Waals surface area contributed by atoms with E-state index in [1.807, 2.05) is 32.0 Å². The molecule has 0 saturated heterocycles. The molecule has 0 bridgehead atoms. The summed E-state index contributed by atoms with van der Waals surface area (Å²) in [4.78, 5) is 34.2. The molecule has 0 radical (unpaired) electrons. The molecule has 8 heteroatoms. The van der Waals surface area contributed by atoms with Gasteiger partial charge in [0.1, 0.15) is 5.82 Å². The molecule has 0 aliphatic rings. The smallest absolute Gasteiger partial charge is 0.272 e. The van der Waals surface area contributed by atoms with Crippen molar-refractivity contribution in [3.8, 4) is 11.4 Å². The van der Waals surface area contributed by atoms with Gasteiger partial charge in [0.05, 0.1) is 29.5 Å².